The zero-order valence-electron chi connectivity index (χ0n) is 10.4. The third kappa shape index (κ3) is 2.13. The van der Waals surface area contributed by atoms with Crippen LogP contribution in [0.5, 0.6) is 0 Å². The van der Waals surface area contributed by atoms with E-state index in [1.807, 2.05) is 0 Å². The maximum atomic E-state index is 9.91. The van der Waals surface area contributed by atoms with E-state index in [0.29, 0.717) is 0 Å². The van der Waals surface area contributed by atoms with Gasteiger partial charge in [-0.3, -0.25) is 4.90 Å². The summed E-state index contributed by atoms with van der Waals surface area (Å²) in [5.74, 6) is 0. The van der Waals surface area contributed by atoms with Crippen LogP contribution < -0.4 is 0 Å². The molecule has 1 aliphatic heterocycles. The molecule has 0 aromatic heterocycles. The van der Waals surface area contributed by atoms with Crippen molar-refractivity contribution >= 4 is 0 Å². The predicted octanol–water partition coefficient (Wildman–Crippen LogP) is 2.34. The van der Waals surface area contributed by atoms with Gasteiger partial charge < -0.3 is 5.11 Å². The maximum absolute atomic E-state index is 9.91. The van der Waals surface area contributed by atoms with Crippen LogP contribution in [0.15, 0.2) is 24.3 Å². The highest BCUT2D eigenvalue weighted by Gasteiger charge is 2.39. The van der Waals surface area contributed by atoms with E-state index in [0.717, 1.165) is 19.5 Å². The monoisotopic (exact) mass is 219 g/mol. The molecule has 2 nitrogen and oxygen atoms in total. The number of aryl methyl sites for hydroxylation is 1. The minimum atomic E-state index is -0.196. The summed E-state index contributed by atoms with van der Waals surface area (Å²) < 4.78 is 0. The number of aliphatic hydroxyl groups excluding tert-OH is 1. The van der Waals surface area contributed by atoms with Crippen molar-refractivity contribution in [2.75, 3.05) is 6.54 Å². The zero-order chi connectivity index (χ0) is 11.8. The number of benzene rings is 1. The molecule has 1 aromatic carbocycles. The number of nitrogens with zero attached hydrogens (tertiary/aromatic N) is 1. The molecule has 1 heterocycles. The molecule has 0 amide bonds. The Hall–Kier alpha value is -0.860. The first kappa shape index (κ1) is 11.6. The van der Waals surface area contributed by atoms with E-state index < -0.39 is 0 Å². The smallest absolute Gasteiger partial charge is 0.0730 e. The lowest BCUT2D eigenvalue weighted by Crippen LogP contribution is -2.44. The van der Waals surface area contributed by atoms with Gasteiger partial charge in [-0.15, -0.1) is 0 Å². The Morgan fingerprint density at radius 2 is 1.94 bits per heavy atom. The number of aliphatic hydroxyl groups is 1. The van der Waals surface area contributed by atoms with Gasteiger partial charge in [-0.05, 0) is 32.8 Å². The van der Waals surface area contributed by atoms with Crippen LogP contribution in [-0.4, -0.2) is 28.2 Å². The Morgan fingerprint density at radius 1 is 1.31 bits per heavy atom. The van der Waals surface area contributed by atoms with E-state index in [9.17, 15) is 5.11 Å². The Labute approximate surface area is 97.9 Å². The van der Waals surface area contributed by atoms with Crippen molar-refractivity contribution in [2.24, 2.45) is 0 Å². The molecule has 1 N–H and O–H groups in total. The molecular formula is C14H21NO. The standard InChI is InChI=1S/C14H21NO/c1-11-4-6-12(7-5-11)10-15-9-8-13(16)14(15,2)3/h4-7,13,16H,8-10H2,1-3H3. The van der Waals surface area contributed by atoms with Crippen LogP contribution in [0.4, 0.5) is 0 Å². The third-order valence-corrected chi connectivity index (χ3v) is 3.80. The first-order chi connectivity index (χ1) is 7.50. The van der Waals surface area contributed by atoms with Crippen LogP contribution >= 0.6 is 0 Å². The van der Waals surface area contributed by atoms with Gasteiger partial charge in [-0.1, -0.05) is 29.8 Å². The fourth-order valence-corrected chi connectivity index (χ4v) is 2.33. The summed E-state index contributed by atoms with van der Waals surface area (Å²) in [6.07, 6.45) is 0.691. The van der Waals surface area contributed by atoms with Gasteiger partial charge in [0.1, 0.15) is 0 Å². The van der Waals surface area contributed by atoms with E-state index in [1.165, 1.54) is 11.1 Å². The van der Waals surface area contributed by atoms with Crippen molar-refractivity contribution in [2.45, 2.75) is 45.4 Å². The van der Waals surface area contributed by atoms with E-state index >= 15 is 0 Å². The minimum Gasteiger partial charge on any atom is -0.391 e. The third-order valence-electron chi connectivity index (χ3n) is 3.80. The number of hydrogen-bond acceptors (Lipinski definition) is 2. The molecule has 0 saturated carbocycles. The summed E-state index contributed by atoms with van der Waals surface area (Å²) in [7, 11) is 0. The molecule has 16 heavy (non-hydrogen) atoms. The van der Waals surface area contributed by atoms with E-state index in [4.69, 9.17) is 0 Å². The van der Waals surface area contributed by atoms with Crippen LogP contribution in [-0.2, 0) is 6.54 Å². The predicted molar refractivity (Wildman–Crippen MR) is 66.3 cm³/mol. The molecule has 1 unspecified atom stereocenters. The molecule has 0 spiro atoms. The Morgan fingerprint density at radius 3 is 2.44 bits per heavy atom. The summed E-state index contributed by atoms with van der Waals surface area (Å²) in [4.78, 5) is 2.36. The fraction of sp³-hybridized carbons (Fsp3) is 0.571. The maximum Gasteiger partial charge on any atom is 0.0730 e. The lowest BCUT2D eigenvalue weighted by atomic mass is 9.98. The molecule has 0 bridgehead atoms. The summed E-state index contributed by atoms with van der Waals surface area (Å²) in [6.45, 7) is 8.28. The topological polar surface area (TPSA) is 23.5 Å². The molecule has 88 valence electrons. The Bertz CT molecular complexity index is 356. The molecule has 2 heteroatoms. The summed E-state index contributed by atoms with van der Waals surface area (Å²) in [5, 5.41) is 9.91. The average molecular weight is 219 g/mol. The molecule has 0 aliphatic carbocycles. The van der Waals surface area contributed by atoms with Gasteiger partial charge in [0.2, 0.25) is 0 Å². The normalized spacial score (nSPS) is 24.9. The molecule has 1 fully saturated rings. The SMILES string of the molecule is Cc1ccc(CN2CCC(O)C2(C)C)cc1. The second-order valence-electron chi connectivity index (χ2n) is 5.37. The largest absolute Gasteiger partial charge is 0.391 e. The van der Waals surface area contributed by atoms with Gasteiger partial charge in [0.15, 0.2) is 0 Å². The summed E-state index contributed by atoms with van der Waals surface area (Å²) >= 11 is 0. The van der Waals surface area contributed by atoms with E-state index in [2.05, 4.69) is 49.9 Å². The highest BCUT2D eigenvalue weighted by Crippen LogP contribution is 2.30. The Kier molecular flexibility index (Phi) is 3.04. The van der Waals surface area contributed by atoms with Gasteiger partial charge in [0, 0.05) is 18.6 Å². The van der Waals surface area contributed by atoms with Gasteiger partial charge in [-0.25, -0.2) is 0 Å². The Balaban J connectivity index is 2.08. The number of hydrogen-bond donors (Lipinski definition) is 1. The lowest BCUT2D eigenvalue weighted by Gasteiger charge is -2.33. The van der Waals surface area contributed by atoms with E-state index in [1.54, 1.807) is 0 Å². The molecule has 1 aromatic rings. The van der Waals surface area contributed by atoms with Crippen molar-refractivity contribution < 1.29 is 5.11 Å². The van der Waals surface area contributed by atoms with Crippen molar-refractivity contribution in [3.05, 3.63) is 35.4 Å². The second-order valence-corrected chi connectivity index (χ2v) is 5.37. The van der Waals surface area contributed by atoms with Crippen LogP contribution in [0.1, 0.15) is 31.4 Å². The number of rotatable bonds is 2. The molecule has 1 saturated heterocycles. The molecule has 2 rings (SSSR count). The lowest BCUT2D eigenvalue weighted by molar-refractivity contribution is 0.0506. The van der Waals surface area contributed by atoms with Crippen molar-refractivity contribution in [3.63, 3.8) is 0 Å². The first-order valence-electron chi connectivity index (χ1n) is 5.99. The van der Waals surface area contributed by atoms with Crippen LogP contribution in [0.2, 0.25) is 0 Å². The molecular weight excluding hydrogens is 198 g/mol. The van der Waals surface area contributed by atoms with Gasteiger partial charge >= 0.3 is 0 Å². The zero-order valence-corrected chi connectivity index (χ0v) is 10.4. The molecule has 0 radical (unpaired) electrons. The van der Waals surface area contributed by atoms with Crippen LogP contribution in [0.25, 0.3) is 0 Å². The van der Waals surface area contributed by atoms with Gasteiger partial charge in [-0.2, -0.15) is 0 Å². The summed E-state index contributed by atoms with van der Waals surface area (Å²) in [6, 6.07) is 8.65. The summed E-state index contributed by atoms with van der Waals surface area (Å²) in [5.41, 5.74) is 2.53. The fourth-order valence-electron chi connectivity index (χ4n) is 2.33. The van der Waals surface area contributed by atoms with Crippen molar-refractivity contribution in [3.8, 4) is 0 Å². The molecule has 1 atom stereocenters. The van der Waals surface area contributed by atoms with Crippen molar-refractivity contribution in [1.82, 2.24) is 4.90 Å². The second kappa shape index (κ2) is 4.19. The van der Waals surface area contributed by atoms with Crippen LogP contribution in [0, 0.1) is 6.92 Å². The minimum absolute atomic E-state index is 0.0924. The van der Waals surface area contributed by atoms with Gasteiger partial charge in [0.25, 0.3) is 0 Å². The number of likely N-dealkylation sites (tertiary alicyclic amines) is 1. The van der Waals surface area contributed by atoms with Crippen LogP contribution in [0.3, 0.4) is 0 Å². The highest BCUT2D eigenvalue weighted by molar-refractivity contribution is 5.21. The molecule has 1 aliphatic rings. The van der Waals surface area contributed by atoms with Gasteiger partial charge in [0.05, 0.1) is 6.10 Å². The quantitative estimate of drug-likeness (QED) is 0.825. The van der Waals surface area contributed by atoms with Crippen molar-refractivity contribution in [1.29, 1.82) is 0 Å². The average Bonchev–Trinajstić information content (AvgIpc) is 2.48. The first-order valence-corrected chi connectivity index (χ1v) is 5.99. The highest BCUT2D eigenvalue weighted by atomic mass is 16.3. The van der Waals surface area contributed by atoms with E-state index in [-0.39, 0.29) is 11.6 Å².